The third-order valence-corrected chi connectivity index (χ3v) is 3.40. The maximum Gasteiger partial charge on any atom is 0.393 e. The summed E-state index contributed by atoms with van der Waals surface area (Å²) < 4.78 is 42.6. The van der Waals surface area contributed by atoms with E-state index in [1.165, 1.54) is 0 Å². The minimum atomic E-state index is -4.09. The first-order chi connectivity index (χ1) is 8.50. The molecule has 2 unspecified atom stereocenters. The van der Waals surface area contributed by atoms with Gasteiger partial charge in [-0.15, -0.1) is 0 Å². The van der Waals surface area contributed by atoms with Crippen LogP contribution < -0.4 is 10.1 Å². The Kier molecular flexibility index (Phi) is 3.80. The van der Waals surface area contributed by atoms with Gasteiger partial charge in [0.25, 0.3) is 0 Å². The van der Waals surface area contributed by atoms with E-state index in [0.717, 1.165) is 11.3 Å². The Hall–Kier alpha value is -1.23. The molecule has 1 aliphatic heterocycles. The van der Waals surface area contributed by atoms with Crippen molar-refractivity contribution in [2.24, 2.45) is 5.92 Å². The monoisotopic (exact) mass is 259 g/mol. The second-order valence-electron chi connectivity index (χ2n) is 4.55. The fourth-order valence-electron chi connectivity index (χ4n) is 2.26. The average Bonchev–Trinajstić information content (AvgIpc) is 2.38. The Bertz CT molecular complexity index is 380. The van der Waals surface area contributed by atoms with Crippen molar-refractivity contribution in [3.63, 3.8) is 0 Å². The number of rotatable bonds is 2. The Morgan fingerprint density at radius 3 is 2.28 bits per heavy atom. The first-order valence-electron chi connectivity index (χ1n) is 5.95. The minimum absolute atomic E-state index is 0.000194. The highest BCUT2D eigenvalue weighted by Crippen LogP contribution is 2.35. The van der Waals surface area contributed by atoms with E-state index < -0.39 is 12.1 Å². The van der Waals surface area contributed by atoms with Gasteiger partial charge in [0.15, 0.2) is 0 Å². The highest BCUT2D eigenvalue weighted by Gasteiger charge is 2.41. The van der Waals surface area contributed by atoms with Crippen LogP contribution in [0.2, 0.25) is 0 Å². The topological polar surface area (TPSA) is 21.3 Å². The molecule has 1 aromatic carbocycles. The molecular weight excluding hydrogens is 243 g/mol. The van der Waals surface area contributed by atoms with Gasteiger partial charge in [0.2, 0.25) is 0 Å². The molecule has 0 saturated carbocycles. The number of hydrogen-bond acceptors (Lipinski definition) is 2. The van der Waals surface area contributed by atoms with Crippen LogP contribution in [0.25, 0.3) is 0 Å². The Morgan fingerprint density at radius 2 is 1.83 bits per heavy atom. The Balaban J connectivity index is 1.96. The molecule has 2 atom stereocenters. The molecule has 2 rings (SSSR count). The summed E-state index contributed by atoms with van der Waals surface area (Å²) in [6, 6.07) is 7.45. The lowest BCUT2D eigenvalue weighted by molar-refractivity contribution is -0.179. The fourth-order valence-corrected chi connectivity index (χ4v) is 2.26. The molecule has 0 bridgehead atoms. The van der Waals surface area contributed by atoms with Crippen LogP contribution in [-0.4, -0.2) is 19.8 Å². The van der Waals surface area contributed by atoms with Crippen LogP contribution in [0.15, 0.2) is 24.3 Å². The van der Waals surface area contributed by atoms with E-state index in [-0.39, 0.29) is 19.0 Å². The van der Waals surface area contributed by atoms with Crippen LogP contribution in [0.5, 0.6) is 5.75 Å². The van der Waals surface area contributed by atoms with Crippen molar-refractivity contribution in [3.8, 4) is 5.75 Å². The van der Waals surface area contributed by atoms with E-state index in [1.54, 1.807) is 7.11 Å². The highest BCUT2D eigenvalue weighted by atomic mass is 19.4. The van der Waals surface area contributed by atoms with Crippen molar-refractivity contribution in [2.45, 2.75) is 25.1 Å². The van der Waals surface area contributed by atoms with E-state index in [4.69, 9.17) is 4.74 Å². The highest BCUT2D eigenvalue weighted by molar-refractivity contribution is 5.29. The van der Waals surface area contributed by atoms with Gasteiger partial charge in [-0.05, 0) is 30.5 Å². The van der Waals surface area contributed by atoms with Gasteiger partial charge >= 0.3 is 6.18 Å². The average molecular weight is 259 g/mol. The quantitative estimate of drug-likeness (QED) is 0.880. The van der Waals surface area contributed by atoms with Crippen LogP contribution in [0.1, 0.15) is 24.4 Å². The summed E-state index contributed by atoms with van der Waals surface area (Å²) in [6.45, 7) is 0.000194. The van der Waals surface area contributed by atoms with Crippen molar-refractivity contribution in [2.75, 3.05) is 13.7 Å². The normalized spacial score (nSPS) is 24.9. The summed E-state index contributed by atoms with van der Waals surface area (Å²) in [5.41, 5.74) is 1.01. The lowest BCUT2D eigenvalue weighted by Gasteiger charge is -2.31. The van der Waals surface area contributed by atoms with E-state index >= 15 is 0 Å². The largest absolute Gasteiger partial charge is 0.497 e. The van der Waals surface area contributed by atoms with Crippen molar-refractivity contribution >= 4 is 0 Å². The zero-order valence-corrected chi connectivity index (χ0v) is 10.1. The van der Waals surface area contributed by atoms with Gasteiger partial charge < -0.3 is 10.1 Å². The number of alkyl halides is 3. The number of nitrogens with one attached hydrogen (secondary N) is 1. The van der Waals surface area contributed by atoms with Gasteiger partial charge in [-0.3, -0.25) is 0 Å². The summed E-state index contributed by atoms with van der Waals surface area (Å²) in [5.74, 6) is -0.463. The second-order valence-corrected chi connectivity index (χ2v) is 4.55. The number of piperidine rings is 1. The summed E-state index contributed by atoms with van der Waals surface area (Å²) in [5, 5.41) is 2.97. The van der Waals surface area contributed by atoms with E-state index in [2.05, 4.69) is 5.32 Å². The summed E-state index contributed by atoms with van der Waals surface area (Å²) in [7, 11) is 1.59. The van der Waals surface area contributed by atoms with Crippen molar-refractivity contribution in [3.05, 3.63) is 29.8 Å². The van der Waals surface area contributed by atoms with Crippen LogP contribution in [0.3, 0.4) is 0 Å². The predicted molar refractivity (Wildman–Crippen MR) is 62.5 cm³/mol. The Labute approximate surface area is 104 Å². The van der Waals surface area contributed by atoms with Crippen molar-refractivity contribution in [1.82, 2.24) is 5.32 Å². The van der Waals surface area contributed by atoms with E-state index in [9.17, 15) is 13.2 Å². The number of ether oxygens (including phenoxy) is 1. The van der Waals surface area contributed by atoms with Crippen LogP contribution >= 0.6 is 0 Å². The number of benzene rings is 1. The maximum atomic E-state index is 12.5. The zero-order valence-electron chi connectivity index (χ0n) is 10.1. The molecule has 1 N–H and O–H groups in total. The lowest BCUT2D eigenvalue weighted by Crippen LogP contribution is -2.40. The molecule has 1 aromatic rings. The SMILES string of the molecule is COc1ccc(C2CCC(C(F)(F)F)CN2)cc1. The second kappa shape index (κ2) is 5.18. The van der Waals surface area contributed by atoms with Gasteiger partial charge in [-0.2, -0.15) is 13.2 Å². The molecule has 0 aromatic heterocycles. The molecule has 1 aliphatic rings. The molecular formula is C13H16F3NO. The molecule has 1 saturated heterocycles. The first-order valence-corrected chi connectivity index (χ1v) is 5.95. The number of hydrogen-bond donors (Lipinski definition) is 1. The standard InChI is InChI=1S/C13H16F3NO/c1-18-11-5-2-9(3-6-11)12-7-4-10(8-17-12)13(14,15)16/h2-3,5-6,10,12,17H,4,7-8H2,1H3. The van der Waals surface area contributed by atoms with Gasteiger partial charge in [0, 0.05) is 12.6 Å². The third kappa shape index (κ3) is 2.96. The van der Waals surface area contributed by atoms with Crippen molar-refractivity contribution < 1.29 is 17.9 Å². The van der Waals surface area contributed by atoms with E-state index in [1.807, 2.05) is 24.3 Å². The molecule has 18 heavy (non-hydrogen) atoms. The molecule has 0 amide bonds. The molecule has 5 heteroatoms. The molecule has 0 radical (unpaired) electrons. The van der Waals surface area contributed by atoms with Gasteiger partial charge in [0.05, 0.1) is 13.0 Å². The van der Waals surface area contributed by atoms with E-state index in [0.29, 0.717) is 6.42 Å². The minimum Gasteiger partial charge on any atom is -0.497 e. The zero-order chi connectivity index (χ0) is 13.2. The molecule has 0 spiro atoms. The molecule has 1 fully saturated rings. The van der Waals surface area contributed by atoms with Crippen molar-refractivity contribution in [1.29, 1.82) is 0 Å². The van der Waals surface area contributed by atoms with Crippen LogP contribution in [0.4, 0.5) is 13.2 Å². The lowest BCUT2D eigenvalue weighted by atomic mass is 9.90. The fraction of sp³-hybridized carbons (Fsp3) is 0.538. The molecule has 1 heterocycles. The predicted octanol–water partition coefficient (Wildman–Crippen LogP) is 3.30. The van der Waals surface area contributed by atoms with Crippen LogP contribution in [0, 0.1) is 5.92 Å². The summed E-state index contributed by atoms with van der Waals surface area (Å²) in [6.07, 6.45) is -3.39. The molecule has 2 nitrogen and oxygen atoms in total. The molecule has 0 aliphatic carbocycles. The third-order valence-electron chi connectivity index (χ3n) is 3.40. The molecule has 100 valence electrons. The van der Waals surface area contributed by atoms with Gasteiger partial charge in [-0.25, -0.2) is 0 Å². The first kappa shape index (κ1) is 13.2. The Morgan fingerprint density at radius 1 is 1.17 bits per heavy atom. The van der Waals surface area contributed by atoms with Gasteiger partial charge in [0.1, 0.15) is 5.75 Å². The summed E-state index contributed by atoms with van der Waals surface area (Å²) >= 11 is 0. The van der Waals surface area contributed by atoms with Gasteiger partial charge in [-0.1, -0.05) is 12.1 Å². The number of methoxy groups -OCH3 is 1. The van der Waals surface area contributed by atoms with Crippen LogP contribution in [-0.2, 0) is 0 Å². The summed E-state index contributed by atoms with van der Waals surface area (Å²) in [4.78, 5) is 0. The number of halogens is 3. The smallest absolute Gasteiger partial charge is 0.393 e. The maximum absolute atomic E-state index is 12.5.